The smallest absolute Gasteiger partial charge is 0.224 e. The molecule has 0 bridgehead atoms. The van der Waals surface area contributed by atoms with Crippen LogP contribution < -0.4 is 5.32 Å². The fourth-order valence-electron chi connectivity index (χ4n) is 2.65. The molecular weight excluding hydrogens is 300 g/mol. The summed E-state index contributed by atoms with van der Waals surface area (Å²) in [5.41, 5.74) is 4.14. The number of anilines is 1. The maximum Gasteiger partial charge on any atom is 0.224 e. The molecular formula is C18H20N6. The molecule has 4 rings (SSSR count). The first-order chi connectivity index (χ1) is 11.5. The first-order valence-electron chi connectivity index (χ1n) is 8.01. The number of pyridine rings is 1. The number of nitrogens with one attached hydrogen (secondary N) is 2. The van der Waals surface area contributed by atoms with E-state index in [4.69, 9.17) is 0 Å². The molecule has 4 aromatic heterocycles. The Morgan fingerprint density at radius 3 is 2.92 bits per heavy atom. The summed E-state index contributed by atoms with van der Waals surface area (Å²) in [5.74, 6) is 0.649. The Morgan fingerprint density at radius 2 is 2.08 bits per heavy atom. The fourth-order valence-corrected chi connectivity index (χ4v) is 2.65. The number of aromatic amines is 1. The van der Waals surface area contributed by atoms with E-state index in [-0.39, 0.29) is 5.41 Å². The van der Waals surface area contributed by atoms with E-state index in [0.29, 0.717) is 5.95 Å². The number of aromatic nitrogens is 5. The highest BCUT2D eigenvalue weighted by Gasteiger charge is 2.12. The molecule has 0 saturated heterocycles. The molecule has 0 fully saturated rings. The molecule has 0 radical (unpaired) electrons. The zero-order valence-electron chi connectivity index (χ0n) is 14.0. The van der Waals surface area contributed by atoms with Gasteiger partial charge in [0, 0.05) is 54.0 Å². The second kappa shape index (κ2) is 5.33. The molecule has 122 valence electrons. The van der Waals surface area contributed by atoms with Gasteiger partial charge in [0.15, 0.2) is 0 Å². The van der Waals surface area contributed by atoms with E-state index in [9.17, 15) is 0 Å². The molecule has 6 heteroatoms. The van der Waals surface area contributed by atoms with Crippen LogP contribution in [0.15, 0.2) is 43.1 Å². The molecule has 0 aliphatic rings. The molecule has 0 spiro atoms. The molecule has 0 aliphatic carbocycles. The maximum atomic E-state index is 4.58. The lowest BCUT2D eigenvalue weighted by Gasteiger charge is -2.18. The van der Waals surface area contributed by atoms with E-state index in [1.807, 2.05) is 29.1 Å². The van der Waals surface area contributed by atoms with Crippen molar-refractivity contribution in [1.82, 2.24) is 24.3 Å². The standard InChI is InChI=1S/C18H20N6/c1-18(2,3)11-22-17-21-9-14-13(8-20-16(14)23-17)12-4-5-15-19-6-7-24(15)10-12/h4-10H,11H2,1-3H3,(H2,20,21,22,23). The van der Waals surface area contributed by atoms with Gasteiger partial charge in [-0.15, -0.1) is 0 Å². The zero-order chi connectivity index (χ0) is 16.7. The highest BCUT2D eigenvalue weighted by molar-refractivity contribution is 5.93. The number of fused-ring (bicyclic) bond motifs is 2. The van der Waals surface area contributed by atoms with Gasteiger partial charge >= 0.3 is 0 Å². The summed E-state index contributed by atoms with van der Waals surface area (Å²) in [7, 11) is 0. The Kier molecular flexibility index (Phi) is 3.26. The van der Waals surface area contributed by atoms with Crippen LogP contribution in [-0.2, 0) is 0 Å². The van der Waals surface area contributed by atoms with Crippen LogP contribution in [0, 0.1) is 5.41 Å². The van der Waals surface area contributed by atoms with Crippen LogP contribution in [0.5, 0.6) is 0 Å². The van der Waals surface area contributed by atoms with Crippen molar-refractivity contribution in [3.05, 3.63) is 43.1 Å². The number of nitrogens with zero attached hydrogens (tertiary/aromatic N) is 4. The molecule has 0 amide bonds. The van der Waals surface area contributed by atoms with Gasteiger partial charge < -0.3 is 14.7 Å². The molecule has 0 aromatic carbocycles. The zero-order valence-corrected chi connectivity index (χ0v) is 14.0. The van der Waals surface area contributed by atoms with E-state index in [1.165, 1.54) is 0 Å². The number of H-pyrrole nitrogens is 1. The van der Waals surface area contributed by atoms with Crippen LogP contribution in [0.2, 0.25) is 0 Å². The van der Waals surface area contributed by atoms with Crippen LogP contribution in [0.3, 0.4) is 0 Å². The highest BCUT2D eigenvalue weighted by Crippen LogP contribution is 2.28. The Labute approximate surface area is 140 Å². The van der Waals surface area contributed by atoms with Crippen molar-refractivity contribution >= 4 is 22.6 Å². The van der Waals surface area contributed by atoms with Gasteiger partial charge in [-0.25, -0.2) is 9.97 Å². The second-order valence-electron chi connectivity index (χ2n) is 7.18. The van der Waals surface area contributed by atoms with Gasteiger partial charge in [0.2, 0.25) is 5.95 Å². The summed E-state index contributed by atoms with van der Waals surface area (Å²) in [4.78, 5) is 16.6. The molecule has 0 saturated carbocycles. The molecule has 6 nitrogen and oxygen atoms in total. The largest absolute Gasteiger partial charge is 0.354 e. The number of hydrogen-bond acceptors (Lipinski definition) is 4. The number of hydrogen-bond donors (Lipinski definition) is 2. The minimum Gasteiger partial charge on any atom is -0.354 e. The lowest BCUT2D eigenvalue weighted by molar-refractivity contribution is 0.442. The molecule has 4 aromatic rings. The molecule has 24 heavy (non-hydrogen) atoms. The fraction of sp³-hybridized carbons (Fsp3) is 0.278. The molecule has 0 atom stereocenters. The van der Waals surface area contributed by atoms with E-state index >= 15 is 0 Å². The Balaban J connectivity index is 1.69. The van der Waals surface area contributed by atoms with Crippen molar-refractivity contribution in [2.45, 2.75) is 20.8 Å². The predicted molar refractivity (Wildman–Crippen MR) is 96.0 cm³/mol. The quantitative estimate of drug-likeness (QED) is 0.603. The van der Waals surface area contributed by atoms with Crippen molar-refractivity contribution in [3.63, 3.8) is 0 Å². The first kappa shape index (κ1) is 14.7. The third-order valence-electron chi connectivity index (χ3n) is 3.91. The number of rotatable bonds is 3. The predicted octanol–water partition coefficient (Wildman–Crippen LogP) is 3.73. The van der Waals surface area contributed by atoms with Gasteiger partial charge in [-0.1, -0.05) is 20.8 Å². The van der Waals surface area contributed by atoms with Gasteiger partial charge in [-0.3, -0.25) is 0 Å². The van der Waals surface area contributed by atoms with E-state index < -0.39 is 0 Å². The second-order valence-corrected chi connectivity index (χ2v) is 7.18. The minimum absolute atomic E-state index is 0.180. The summed E-state index contributed by atoms with van der Waals surface area (Å²) in [6, 6.07) is 4.07. The SMILES string of the molecule is CC(C)(C)CNc1ncc2c(-c3ccc4nccn4c3)c[nH]c2n1. The third-order valence-corrected chi connectivity index (χ3v) is 3.91. The van der Waals surface area contributed by atoms with E-state index in [0.717, 1.165) is 34.4 Å². The van der Waals surface area contributed by atoms with Crippen molar-refractivity contribution in [2.75, 3.05) is 11.9 Å². The van der Waals surface area contributed by atoms with Gasteiger partial charge in [-0.2, -0.15) is 4.98 Å². The summed E-state index contributed by atoms with van der Waals surface area (Å²) in [6.45, 7) is 7.36. The average molecular weight is 320 g/mol. The normalized spacial score (nSPS) is 12.1. The van der Waals surface area contributed by atoms with Crippen molar-refractivity contribution in [1.29, 1.82) is 0 Å². The Hall–Kier alpha value is -2.89. The summed E-state index contributed by atoms with van der Waals surface area (Å²) < 4.78 is 2.01. The van der Waals surface area contributed by atoms with Gasteiger partial charge in [0.25, 0.3) is 0 Å². The van der Waals surface area contributed by atoms with Crippen molar-refractivity contribution in [3.8, 4) is 11.1 Å². The molecule has 4 heterocycles. The maximum absolute atomic E-state index is 4.58. The van der Waals surface area contributed by atoms with Crippen molar-refractivity contribution < 1.29 is 0 Å². The summed E-state index contributed by atoms with van der Waals surface area (Å²) >= 11 is 0. The van der Waals surface area contributed by atoms with E-state index in [2.05, 4.69) is 58.3 Å². The monoisotopic (exact) mass is 320 g/mol. The molecule has 2 N–H and O–H groups in total. The van der Waals surface area contributed by atoms with Crippen LogP contribution in [0.1, 0.15) is 20.8 Å². The minimum atomic E-state index is 0.180. The summed E-state index contributed by atoms with van der Waals surface area (Å²) in [6.07, 6.45) is 9.66. The van der Waals surface area contributed by atoms with Gasteiger partial charge in [0.1, 0.15) is 11.3 Å². The summed E-state index contributed by atoms with van der Waals surface area (Å²) in [5, 5.41) is 4.30. The van der Waals surface area contributed by atoms with Crippen LogP contribution >= 0.6 is 0 Å². The third kappa shape index (κ3) is 2.71. The lowest BCUT2D eigenvalue weighted by atomic mass is 9.97. The van der Waals surface area contributed by atoms with Crippen LogP contribution in [0.4, 0.5) is 5.95 Å². The average Bonchev–Trinajstić information content (AvgIpc) is 3.17. The molecule has 0 aliphatic heterocycles. The van der Waals surface area contributed by atoms with Crippen LogP contribution in [-0.4, -0.2) is 30.9 Å². The topological polar surface area (TPSA) is 70.9 Å². The van der Waals surface area contributed by atoms with E-state index in [1.54, 1.807) is 6.20 Å². The first-order valence-corrected chi connectivity index (χ1v) is 8.01. The van der Waals surface area contributed by atoms with Gasteiger partial charge in [0.05, 0.1) is 0 Å². The van der Waals surface area contributed by atoms with Crippen LogP contribution in [0.25, 0.3) is 27.8 Å². The number of imidazole rings is 1. The van der Waals surface area contributed by atoms with Gasteiger partial charge in [-0.05, 0) is 17.5 Å². The van der Waals surface area contributed by atoms with Crippen molar-refractivity contribution in [2.24, 2.45) is 5.41 Å². The molecule has 0 unspecified atom stereocenters. The Bertz CT molecular complexity index is 1010. The lowest BCUT2D eigenvalue weighted by Crippen LogP contribution is -2.20. The Morgan fingerprint density at radius 1 is 1.21 bits per heavy atom. The highest BCUT2D eigenvalue weighted by atomic mass is 15.1.